The van der Waals surface area contributed by atoms with Crippen LogP contribution in [0.15, 0.2) is 53.7 Å². The number of amides is 3. The van der Waals surface area contributed by atoms with Crippen LogP contribution in [0.4, 0.5) is 0 Å². The van der Waals surface area contributed by atoms with Crippen LogP contribution in [0.25, 0.3) is 10.8 Å². The van der Waals surface area contributed by atoms with E-state index in [4.69, 9.17) is 11.6 Å². The number of carbonyl (C=O) groups is 3. The summed E-state index contributed by atoms with van der Waals surface area (Å²) in [5.41, 5.74) is 0.413. The van der Waals surface area contributed by atoms with E-state index in [0.717, 1.165) is 11.8 Å². The monoisotopic (exact) mass is 572 g/mol. The third-order valence-corrected chi connectivity index (χ3v) is 8.98. The van der Waals surface area contributed by atoms with Crippen molar-refractivity contribution in [2.75, 3.05) is 19.6 Å². The number of halogens is 1. The predicted molar refractivity (Wildman–Crippen MR) is 145 cm³/mol. The van der Waals surface area contributed by atoms with Gasteiger partial charge in [0.15, 0.2) is 0 Å². The maximum Gasteiger partial charge on any atom is 0.254 e. The molecule has 39 heavy (non-hydrogen) atoms. The predicted octanol–water partition coefficient (Wildman–Crippen LogP) is 1.91. The Labute approximate surface area is 230 Å². The van der Waals surface area contributed by atoms with Gasteiger partial charge in [-0.2, -0.15) is 9.82 Å². The highest BCUT2D eigenvalue weighted by Crippen LogP contribution is 2.24. The average Bonchev–Trinajstić information content (AvgIpc) is 3.58. The molecule has 3 amide bonds. The molecule has 2 aliphatic rings. The third-order valence-electron chi connectivity index (χ3n) is 7.27. The molecule has 206 valence electrons. The Morgan fingerprint density at radius 1 is 1.13 bits per heavy atom. The number of benzene rings is 2. The van der Waals surface area contributed by atoms with Crippen LogP contribution in [0, 0.1) is 0 Å². The fourth-order valence-corrected chi connectivity index (χ4v) is 6.59. The third kappa shape index (κ3) is 5.77. The minimum atomic E-state index is -3.98. The number of aromatic nitrogens is 2. The van der Waals surface area contributed by atoms with Crippen molar-refractivity contribution < 1.29 is 22.8 Å². The molecule has 3 aromatic rings. The molecule has 0 radical (unpaired) electrons. The zero-order valence-corrected chi connectivity index (χ0v) is 22.8. The van der Waals surface area contributed by atoms with E-state index in [1.54, 1.807) is 36.1 Å². The average molecular weight is 573 g/mol. The molecule has 5 rings (SSSR count). The molecule has 0 aliphatic carbocycles. The van der Waals surface area contributed by atoms with Gasteiger partial charge >= 0.3 is 0 Å². The first-order valence-electron chi connectivity index (χ1n) is 12.7. The fraction of sp³-hybridized carbons (Fsp3) is 0.385. The Balaban J connectivity index is 1.20. The molecule has 3 heterocycles. The van der Waals surface area contributed by atoms with Crippen molar-refractivity contribution >= 4 is 50.1 Å². The van der Waals surface area contributed by atoms with E-state index in [2.05, 4.69) is 20.2 Å². The summed E-state index contributed by atoms with van der Waals surface area (Å²) >= 11 is 6.02. The van der Waals surface area contributed by atoms with Crippen molar-refractivity contribution in [3.05, 3.63) is 59.4 Å². The number of rotatable bonds is 7. The number of H-pyrrole nitrogens is 1. The Hall–Kier alpha value is -3.48. The second-order valence-corrected chi connectivity index (χ2v) is 12.1. The second kappa shape index (κ2) is 10.9. The Morgan fingerprint density at radius 3 is 2.67 bits per heavy atom. The number of nitrogens with one attached hydrogen (secondary N) is 3. The van der Waals surface area contributed by atoms with Gasteiger partial charge in [-0.05, 0) is 61.2 Å². The van der Waals surface area contributed by atoms with E-state index in [-0.39, 0.29) is 35.7 Å². The van der Waals surface area contributed by atoms with Crippen LogP contribution in [0.1, 0.15) is 36.5 Å². The van der Waals surface area contributed by atoms with Gasteiger partial charge in [0.2, 0.25) is 21.8 Å². The lowest BCUT2D eigenvalue weighted by Gasteiger charge is -2.36. The molecule has 1 unspecified atom stereocenters. The van der Waals surface area contributed by atoms with E-state index in [1.807, 2.05) is 0 Å². The molecule has 3 N–H and O–H groups in total. The van der Waals surface area contributed by atoms with Crippen molar-refractivity contribution in [2.45, 2.75) is 49.2 Å². The summed E-state index contributed by atoms with van der Waals surface area (Å²) < 4.78 is 28.7. The van der Waals surface area contributed by atoms with Gasteiger partial charge in [0, 0.05) is 36.9 Å². The van der Waals surface area contributed by atoms with Gasteiger partial charge in [0.05, 0.1) is 16.7 Å². The van der Waals surface area contributed by atoms with Crippen LogP contribution in [-0.4, -0.2) is 83.9 Å². The number of carbonyl (C=O) groups excluding carboxylic acids is 3. The van der Waals surface area contributed by atoms with E-state index >= 15 is 0 Å². The van der Waals surface area contributed by atoms with Gasteiger partial charge in [0.25, 0.3) is 5.91 Å². The lowest BCUT2D eigenvalue weighted by Crippen LogP contribution is -2.55. The van der Waals surface area contributed by atoms with Crippen molar-refractivity contribution in [2.24, 2.45) is 0 Å². The van der Waals surface area contributed by atoms with E-state index in [1.165, 1.54) is 29.4 Å². The number of nitrogens with zero attached hydrogens (tertiary/aromatic N) is 3. The second-order valence-electron chi connectivity index (χ2n) is 9.91. The summed E-state index contributed by atoms with van der Waals surface area (Å²) in [7, 11) is -3.98. The number of sulfonamides is 1. The van der Waals surface area contributed by atoms with Gasteiger partial charge < -0.3 is 15.1 Å². The van der Waals surface area contributed by atoms with Crippen molar-refractivity contribution in [1.82, 2.24) is 30.0 Å². The fourth-order valence-electron chi connectivity index (χ4n) is 5.15. The van der Waals surface area contributed by atoms with Crippen LogP contribution < -0.4 is 10.0 Å². The zero-order valence-electron chi connectivity index (χ0n) is 21.3. The summed E-state index contributed by atoms with van der Waals surface area (Å²) in [6.07, 6.45) is 4.63. The number of fused-ring (bicyclic) bond motifs is 1. The maximum absolute atomic E-state index is 13.3. The number of likely N-dealkylation sites (tertiary alicyclic amines) is 2. The van der Waals surface area contributed by atoms with Crippen molar-refractivity contribution in [3.8, 4) is 0 Å². The lowest BCUT2D eigenvalue weighted by atomic mass is 10.0. The molecule has 2 saturated heterocycles. The van der Waals surface area contributed by atoms with Gasteiger partial charge in [0.1, 0.15) is 12.1 Å². The molecular weight excluding hydrogens is 544 g/mol. The first-order chi connectivity index (χ1) is 18.6. The standard InChI is InChI=1S/C26H29ClN6O5S/c1-16(25(35)32-9-2-3-21(15-32)30-24(34)19-13-28-29-14-19)33-10-8-23(26(33)36)31-39(37,38)22-7-5-17-11-20(27)6-4-18(17)12-22/h4-7,11-14,16,21,23,31H,2-3,8-10,15H2,1H3,(H,28,29)(H,30,34)/t16-,21?,23-/m0/s1. The zero-order chi connectivity index (χ0) is 27.7. The van der Waals surface area contributed by atoms with Crippen molar-refractivity contribution in [3.63, 3.8) is 0 Å². The Bertz CT molecular complexity index is 1510. The molecule has 2 aliphatic heterocycles. The van der Waals surface area contributed by atoms with Gasteiger partial charge in [-0.25, -0.2) is 8.42 Å². The molecule has 0 bridgehead atoms. The molecular formula is C26H29ClN6O5S. The summed E-state index contributed by atoms with van der Waals surface area (Å²) in [5, 5.41) is 11.4. The summed E-state index contributed by atoms with van der Waals surface area (Å²) in [5.74, 6) is -0.938. The highest BCUT2D eigenvalue weighted by molar-refractivity contribution is 7.89. The van der Waals surface area contributed by atoms with E-state index in [0.29, 0.717) is 35.5 Å². The highest BCUT2D eigenvalue weighted by atomic mass is 35.5. The summed E-state index contributed by atoms with van der Waals surface area (Å²) in [6, 6.07) is 7.90. The molecule has 1 aromatic heterocycles. The summed E-state index contributed by atoms with van der Waals surface area (Å²) in [4.78, 5) is 42.0. The van der Waals surface area contributed by atoms with Gasteiger partial charge in [-0.15, -0.1) is 0 Å². The molecule has 2 aromatic carbocycles. The lowest BCUT2D eigenvalue weighted by molar-refractivity contribution is -0.144. The van der Waals surface area contributed by atoms with E-state index in [9.17, 15) is 22.8 Å². The number of hydrogen-bond acceptors (Lipinski definition) is 6. The SMILES string of the molecule is C[C@@H](C(=O)N1CCCC(NC(=O)c2cn[nH]c2)C1)N1CC[C@H](NS(=O)(=O)c2ccc3cc(Cl)ccc3c2)C1=O. The van der Waals surface area contributed by atoms with Crippen LogP contribution in [0.5, 0.6) is 0 Å². The van der Waals surface area contributed by atoms with Gasteiger partial charge in [-0.1, -0.05) is 23.7 Å². The topological polar surface area (TPSA) is 145 Å². The molecule has 11 nitrogen and oxygen atoms in total. The van der Waals surface area contributed by atoms with Crippen LogP contribution in [0.2, 0.25) is 5.02 Å². The first kappa shape index (κ1) is 27.1. The van der Waals surface area contributed by atoms with Gasteiger partial charge in [-0.3, -0.25) is 19.5 Å². The molecule has 0 spiro atoms. The number of hydrogen-bond donors (Lipinski definition) is 3. The number of piperidine rings is 1. The smallest absolute Gasteiger partial charge is 0.254 e. The minimum Gasteiger partial charge on any atom is -0.347 e. The summed E-state index contributed by atoms with van der Waals surface area (Å²) in [6.45, 7) is 2.76. The number of aromatic amines is 1. The highest BCUT2D eigenvalue weighted by Gasteiger charge is 2.40. The maximum atomic E-state index is 13.3. The normalized spacial score (nSPS) is 20.8. The largest absolute Gasteiger partial charge is 0.347 e. The Kier molecular flexibility index (Phi) is 7.61. The minimum absolute atomic E-state index is 0.0459. The van der Waals surface area contributed by atoms with Crippen LogP contribution >= 0.6 is 11.6 Å². The molecule has 0 saturated carbocycles. The molecule has 13 heteroatoms. The quantitative estimate of drug-likeness (QED) is 0.394. The first-order valence-corrected chi connectivity index (χ1v) is 14.6. The van der Waals surface area contributed by atoms with Crippen LogP contribution in [0.3, 0.4) is 0 Å². The molecule has 2 fully saturated rings. The van der Waals surface area contributed by atoms with Crippen molar-refractivity contribution in [1.29, 1.82) is 0 Å². The Morgan fingerprint density at radius 2 is 1.90 bits per heavy atom. The van der Waals surface area contributed by atoms with E-state index < -0.39 is 28.0 Å². The molecule has 3 atom stereocenters. The van der Waals surface area contributed by atoms with Crippen LogP contribution in [-0.2, 0) is 19.6 Å².